The maximum atomic E-state index is 13.6. The van der Waals surface area contributed by atoms with Crippen molar-refractivity contribution in [3.8, 4) is 11.1 Å². The van der Waals surface area contributed by atoms with Crippen molar-refractivity contribution in [2.75, 3.05) is 38.1 Å². The second-order valence-corrected chi connectivity index (χ2v) is 11.2. The van der Waals surface area contributed by atoms with Gasteiger partial charge in [0.1, 0.15) is 0 Å². The summed E-state index contributed by atoms with van der Waals surface area (Å²) in [6.45, 7) is 7.65. The van der Waals surface area contributed by atoms with Gasteiger partial charge < -0.3 is 20.1 Å². The zero-order chi connectivity index (χ0) is 27.8. The highest BCUT2D eigenvalue weighted by Gasteiger charge is 2.23. The van der Waals surface area contributed by atoms with Gasteiger partial charge in [-0.2, -0.15) is 5.10 Å². The molecule has 6 rings (SSSR count). The number of aromatic amines is 1. The minimum absolute atomic E-state index is 0.144. The number of hydrogen-bond donors (Lipinski definition) is 2. The van der Waals surface area contributed by atoms with Gasteiger partial charge in [0.05, 0.1) is 23.3 Å². The van der Waals surface area contributed by atoms with Crippen molar-refractivity contribution in [1.29, 1.82) is 0 Å². The van der Waals surface area contributed by atoms with Crippen molar-refractivity contribution in [3.05, 3.63) is 69.5 Å². The molecule has 40 heavy (non-hydrogen) atoms. The van der Waals surface area contributed by atoms with E-state index >= 15 is 0 Å². The van der Waals surface area contributed by atoms with Gasteiger partial charge in [0.25, 0.3) is 11.5 Å². The second kappa shape index (κ2) is 10.8. The van der Waals surface area contributed by atoms with E-state index in [-0.39, 0.29) is 18.0 Å². The molecule has 0 atom stereocenters. The first-order valence-corrected chi connectivity index (χ1v) is 14.1. The van der Waals surface area contributed by atoms with Crippen LogP contribution in [-0.4, -0.2) is 68.8 Å². The quantitative estimate of drug-likeness (QED) is 0.384. The fourth-order valence-electron chi connectivity index (χ4n) is 5.94. The van der Waals surface area contributed by atoms with E-state index in [1.807, 2.05) is 38.4 Å². The number of carbonyl (C=O) groups is 1. The minimum Gasteiger partial charge on any atom is -0.348 e. The molecule has 208 valence electrons. The topological polar surface area (TPSA) is 112 Å². The van der Waals surface area contributed by atoms with Gasteiger partial charge in [-0.05, 0) is 63.1 Å². The number of H-pyrrole nitrogens is 1. The van der Waals surface area contributed by atoms with E-state index in [0.29, 0.717) is 17.2 Å². The summed E-state index contributed by atoms with van der Waals surface area (Å²) in [5.74, 6) is 0.484. The minimum atomic E-state index is -0.243. The maximum absolute atomic E-state index is 13.6. The predicted molar refractivity (Wildman–Crippen MR) is 156 cm³/mol. The van der Waals surface area contributed by atoms with Crippen LogP contribution < -0.4 is 15.8 Å². The molecular formula is C30H36N8O2. The molecule has 0 radical (unpaired) electrons. The number of aryl methyl sites for hydroxylation is 2. The molecule has 2 aliphatic rings. The molecular weight excluding hydrogens is 504 g/mol. The van der Waals surface area contributed by atoms with Crippen LogP contribution in [0.2, 0.25) is 0 Å². The van der Waals surface area contributed by atoms with Crippen molar-refractivity contribution in [2.45, 2.75) is 52.1 Å². The fraction of sp³-hybridized carbons (Fsp3) is 0.433. The van der Waals surface area contributed by atoms with Gasteiger partial charge in [0, 0.05) is 67.3 Å². The molecule has 10 nitrogen and oxygen atoms in total. The number of benzene rings is 1. The summed E-state index contributed by atoms with van der Waals surface area (Å²) in [7, 11) is 2.13. The second-order valence-electron chi connectivity index (χ2n) is 11.2. The monoisotopic (exact) mass is 540 g/mol. The third kappa shape index (κ3) is 5.11. The molecule has 0 spiro atoms. The largest absolute Gasteiger partial charge is 0.348 e. The molecule has 1 saturated heterocycles. The van der Waals surface area contributed by atoms with Crippen LogP contribution in [0.5, 0.6) is 0 Å². The normalized spacial score (nSPS) is 16.6. The highest BCUT2D eigenvalue weighted by atomic mass is 16.1. The molecule has 2 fully saturated rings. The Morgan fingerprint density at radius 3 is 2.42 bits per heavy atom. The van der Waals surface area contributed by atoms with E-state index in [4.69, 9.17) is 5.10 Å². The number of pyridine rings is 1. The number of likely N-dealkylation sites (N-methyl/N-ethyl adjacent to an activating group) is 1. The molecule has 1 amide bonds. The molecule has 1 aromatic carbocycles. The number of amides is 1. The van der Waals surface area contributed by atoms with E-state index in [0.717, 1.165) is 78.3 Å². The molecule has 1 saturated carbocycles. The smallest absolute Gasteiger partial charge is 0.253 e. The number of nitrogens with zero attached hydrogens (tertiary/aromatic N) is 6. The Bertz CT molecular complexity index is 1590. The first-order chi connectivity index (χ1) is 19.4. The standard InChI is InChI=1S/C30H36N8O2/c1-19-12-20(2)35-29(40)25(19)17-31-28(39)24-13-21(14-27-26(24)18-34-38(27)23-6-4-5-7-23)22-15-32-30(33-16-22)37-10-8-36(3)9-11-37/h12-16,18,23H,4-11,17H2,1-3H3,(H,31,39)(H,35,40). The van der Waals surface area contributed by atoms with Gasteiger partial charge in [-0.15, -0.1) is 0 Å². The maximum Gasteiger partial charge on any atom is 0.253 e. The fourth-order valence-corrected chi connectivity index (χ4v) is 5.94. The number of rotatable bonds is 6. The predicted octanol–water partition coefficient (Wildman–Crippen LogP) is 3.60. The van der Waals surface area contributed by atoms with E-state index in [9.17, 15) is 9.59 Å². The van der Waals surface area contributed by atoms with Gasteiger partial charge in [-0.25, -0.2) is 9.97 Å². The molecule has 0 unspecified atom stereocenters. The summed E-state index contributed by atoms with van der Waals surface area (Å²) >= 11 is 0. The Morgan fingerprint density at radius 2 is 1.73 bits per heavy atom. The Kier molecular flexibility index (Phi) is 7.10. The molecule has 10 heteroatoms. The molecule has 4 heterocycles. The van der Waals surface area contributed by atoms with Gasteiger partial charge in [0.15, 0.2) is 0 Å². The molecule has 1 aliphatic carbocycles. The number of nitrogens with one attached hydrogen (secondary N) is 2. The summed E-state index contributed by atoms with van der Waals surface area (Å²) in [5, 5.41) is 8.52. The Labute approximate surface area is 233 Å². The average Bonchev–Trinajstić information content (AvgIpc) is 3.62. The Hall–Kier alpha value is -4.05. The zero-order valence-electron chi connectivity index (χ0n) is 23.4. The van der Waals surface area contributed by atoms with Crippen LogP contribution in [0.4, 0.5) is 5.95 Å². The molecule has 0 bridgehead atoms. The van der Waals surface area contributed by atoms with Crippen LogP contribution in [0.15, 0.2) is 41.6 Å². The SMILES string of the molecule is Cc1cc(C)c(CNC(=O)c2cc(-c3cnc(N4CCN(C)CC4)nc3)cc3c2cnn3C2CCCC2)c(=O)[nH]1. The summed E-state index contributed by atoms with van der Waals surface area (Å²) in [5.41, 5.74) is 5.21. The van der Waals surface area contributed by atoms with E-state index < -0.39 is 0 Å². The third-order valence-electron chi connectivity index (χ3n) is 8.31. The Balaban J connectivity index is 1.34. The Morgan fingerprint density at radius 1 is 1.00 bits per heavy atom. The van der Waals surface area contributed by atoms with Crippen molar-refractivity contribution in [1.82, 2.24) is 34.9 Å². The van der Waals surface area contributed by atoms with Gasteiger partial charge in [0.2, 0.25) is 5.95 Å². The lowest BCUT2D eigenvalue weighted by atomic mass is 10.0. The molecule has 3 aromatic heterocycles. The summed E-state index contributed by atoms with van der Waals surface area (Å²) in [6.07, 6.45) is 10.0. The lowest BCUT2D eigenvalue weighted by Crippen LogP contribution is -2.45. The van der Waals surface area contributed by atoms with Gasteiger partial charge in [-0.1, -0.05) is 12.8 Å². The van der Waals surface area contributed by atoms with Gasteiger partial charge in [-0.3, -0.25) is 14.3 Å². The average molecular weight is 541 g/mol. The first-order valence-electron chi connectivity index (χ1n) is 14.1. The van der Waals surface area contributed by atoms with Crippen molar-refractivity contribution >= 4 is 22.8 Å². The van der Waals surface area contributed by atoms with Crippen LogP contribution in [0.3, 0.4) is 0 Å². The summed E-state index contributed by atoms with van der Waals surface area (Å²) in [4.78, 5) is 42.9. The van der Waals surface area contributed by atoms with Crippen LogP contribution in [-0.2, 0) is 6.54 Å². The van der Waals surface area contributed by atoms with Crippen LogP contribution in [0, 0.1) is 13.8 Å². The number of fused-ring (bicyclic) bond motifs is 1. The number of anilines is 1. The van der Waals surface area contributed by atoms with Crippen LogP contribution >= 0.6 is 0 Å². The summed E-state index contributed by atoms with van der Waals surface area (Å²) < 4.78 is 2.08. The van der Waals surface area contributed by atoms with Crippen LogP contribution in [0.25, 0.3) is 22.0 Å². The van der Waals surface area contributed by atoms with Crippen molar-refractivity contribution < 1.29 is 4.79 Å². The number of piperazine rings is 1. The van der Waals surface area contributed by atoms with Crippen molar-refractivity contribution in [2.24, 2.45) is 0 Å². The highest BCUT2D eigenvalue weighted by molar-refractivity contribution is 6.08. The molecule has 2 N–H and O–H groups in total. The lowest BCUT2D eigenvalue weighted by molar-refractivity contribution is 0.0952. The number of carbonyl (C=O) groups excluding carboxylic acids is 1. The zero-order valence-corrected chi connectivity index (χ0v) is 23.4. The number of aromatic nitrogens is 5. The van der Waals surface area contributed by atoms with Crippen LogP contribution in [0.1, 0.15) is 58.9 Å². The van der Waals surface area contributed by atoms with E-state index in [2.05, 4.69) is 47.9 Å². The van der Waals surface area contributed by atoms with E-state index in [1.165, 1.54) is 12.8 Å². The molecule has 4 aromatic rings. The van der Waals surface area contributed by atoms with Crippen molar-refractivity contribution in [3.63, 3.8) is 0 Å². The number of hydrogen-bond acceptors (Lipinski definition) is 7. The first kappa shape index (κ1) is 26.2. The molecule has 1 aliphatic heterocycles. The summed E-state index contributed by atoms with van der Waals surface area (Å²) in [6, 6.07) is 6.23. The van der Waals surface area contributed by atoms with E-state index in [1.54, 1.807) is 6.20 Å². The van der Waals surface area contributed by atoms with Gasteiger partial charge >= 0.3 is 0 Å². The lowest BCUT2D eigenvalue weighted by Gasteiger charge is -2.32. The highest BCUT2D eigenvalue weighted by Crippen LogP contribution is 2.34. The third-order valence-corrected chi connectivity index (χ3v) is 8.31.